The SMILES string of the molecule is Nc1ccc(NCC2CCCC(O)C2)c2cccnc12. The first kappa shape index (κ1) is 13.2. The van der Waals surface area contributed by atoms with Crippen molar-refractivity contribution >= 4 is 22.3 Å². The van der Waals surface area contributed by atoms with Gasteiger partial charge in [0.05, 0.1) is 17.3 Å². The maximum absolute atomic E-state index is 9.73. The monoisotopic (exact) mass is 271 g/mol. The lowest BCUT2D eigenvalue weighted by Gasteiger charge is -2.26. The van der Waals surface area contributed by atoms with Crippen LogP contribution in [0.3, 0.4) is 0 Å². The first-order valence-electron chi connectivity index (χ1n) is 7.29. The highest BCUT2D eigenvalue weighted by atomic mass is 16.3. The molecular weight excluding hydrogens is 250 g/mol. The van der Waals surface area contributed by atoms with E-state index >= 15 is 0 Å². The Balaban J connectivity index is 1.76. The van der Waals surface area contributed by atoms with Crippen LogP contribution in [0.1, 0.15) is 25.7 Å². The molecule has 1 aliphatic rings. The molecule has 0 amide bonds. The maximum Gasteiger partial charge on any atom is 0.0951 e. The molecule has 2 aromatic rings. The number of pyridine rings is 1. The van der Waals surface area contributed by atoms with Crippen LogP contribution in [-0.4, -0.2) is 22.7 Å². The molecule has 0 radical (unpaired) electrons. The summed E-state index contributed by atoms with van der Waals surface area (Å²) in [5.41, 5.74) is 8.59. The van der Waals surface area contributed by atoms with E-state index < -0.39 is 0 Å². The largest absolute Gasteiger partial charge is 0.397 e. The Kier molecular flexibility index (Phi) is 3.74. The highest BCUT2D eigenvalue weighted by Gasteiger charge is 2.20. The summed E-state index contributed by atoms with van der Waals surface area (Å²) in [5.74, 6) is 0.544. The molecule has 1 aromatic carbocycles. The second-order valence-electron chi connectivity index (χ2n) is 5.67. The number of anilines is 2. The molecule has 0 aliphatic heterocycles. The van der Waals surface area contributed by atoms with E-state index in [9.17, 15) is 5.11 Å². The molecule has 4 nitrogen and oxygen atoms in total. The number of benzene rings is 1. The number of nitrogens with one attached hydrogen (secondary N) is 1. The number of aliphatic hydroxyl groups excluding tert-OH is 1. The number of nitrogen functional groups attached to an aromatic ring is 1. The molecule has 106 valence electrons. The van der Waals surface area contributed by atoms with Gasteiger partial charge in [0.1, 0.15) is 0 Å². The molecule has 1 heterocycles. The summed E-state index contributed by atoms with van der Waals surface area (Å²) in [6.45, 7) is 0.894. The van der Waals surface area contributed by atoms with E-state index in [0.29, 0.717) is 11.6 Å². The van der Waals surface area contributed by atoms with E-state index in [2.05, 4.69) is 10.3 Å². The van der Waals surface area contributed by atoms with Crippen molar-refractivity contribution in [2.75, 3.05) is 17.6 Å². The summed E-state index contributed by atoms with van der Waals surface area (Å²) in [6.07, 6.45) is 5.80. The van der Waals surface area contributed by atoms with Gasteiger partial charge in [0.25, 0.3) is 0 Å². The molecule has 4 heteroatoms. The topological polar surface area (TPSA) is 71.2 Å². The van der Waals surface area contributed by atoms with E-state index in [1.807, 2.05) is 24.3 Å². The van der Waals surface area contributed by atoms with Crippen LogP contribution in [0.25, 0.3) is 10.9 Å². The molecule has 0 spiro atoms. The van der Waals surface area contributed by atoms with Crippen LogP contribution in [-0.2, 0) is 0 Å². The molecule has 0 bridgehead atoms. The standard InChI is InChI=1S/C16H21N3O/c17-14-6-7-15(13-5-2-8-18-16(13)14)19-10-11-3-1-4-12(20)9-11/h2,5-8,11-12,19-20H,1,3-4,9-10,17H2. The number of fused-ring (bicyclic) bond motifs is 1. The highest BCUT2D eigenvalue weighted by Crippen LogP contribution is 2.28. The van der Waals surface area contributed by atoms with Crippen LogP contribution < -0.4 is 11.1 Å². The van der Waals surface area contributed by atoms with Crippen LogP contribution in [0.4, 0.5) is 11.4 Å². The second kappa shape index (κ2) is 5.67. The number of aliphatic hydroxyl groups is 1. The van der Waals surface area contributed by atoms with Gasteiger partial charge in [-0.15, -0.1) is 0 Å². The number of rotatable bonds is 3. The minimum atomic E-state index is -0.125. The van der Waals surface area contributed by atoms with Crippen molar-refractivity contribution in [3.8, 4) is 0 Å². The van der Waals surface area contributed by atoms with Crippen molar-refractivity contribution in [1.29, 1.82) is 0 Å². The van der Waals surface area contributed by atoms with Gasteiger partial charge in [-0.2, -0.15) is 0 Å². The molecule has 2 atom stereocenters. The quantitative estimate of drug-likeness (QED) is 0.751. The average molecular weight is 271 g/mol. The Morgan fingerprint density at radius 2 is 2.20 bits per heavy atom. The van der Waals surface area contributed by atoms with Crippen molar-refractivity contribution in [3.05, 3.63) is 30.5 Å². The minimum Gasteiger partial charge on any atom is -0.397 e. The van der Waals surface area contributed by atoms with E-state index in [4.69, 9.17) is 5.73 Å². The molecule has 1 saturated carbocycles. The van der Waals surface area contributed by atoms with Crippen molar-refractivity contribution < 1.29 is 5.11 Å². The zero-order valence-electron chi connectivity index (χ0n) is 11.5. The minimum absolute atomic E-state index is 0.125. The Labute approximate surface area is 119 Å². The molecule has 20 heavy (non-hydrogen) atoms. The Morgan fingerprint density at radius 1 is 1.30 bits per heavy atom. The Morgan fingerprint density at radius 3 is 3.05 bits per heavy atom. The summed E-state index contributed by atoms with van der Waals surface area (Å²) in [5, 5.41) is 14.3. The predicted octanol–water partition coefficient (Wildman–Crippen LogP) is 2.78. The summed E-state index contributed by atoms with van der Waals surface area (Å²) in [7, 11) is 0. The predicted molar refractivity (Wildman–Crippen MR) is 82.6 cm³/mol. The van der Waals surface area contributed by atoms with Gasteiger partial charge in [-0.3, -0.25) is 4.98 Å². The molecule has 3 rings (SSSR count). The van der Waals surface area contributed by atoms with E-state index in [1.54, 1.807) is 6.20 Å². The molecular formula is C16H21N3O. The van der Waals surface area contributed by atoms with Crippen LogP contribution in [0.5, 0.6) is 0 Å². The van der Waals surface area contributed by atoms with E-state index in [0.717, 1.165) is 42.4 Å². The van der Waals surface area contributed by atoms with E-state index in [-0.39, 0.29) is 6.10 Å². The van der Waals surface area contributed by atoms with Crippen LogP contribution in [0.15, 0.2) is 30.5 Å². The van der Waals surface area contributed by atoms with Crippen molar-refractivity contribution in [1.82, 2.24) is 4.98 Å². The summed E-state index contributed by atoms with van der Waals surface area (Å²) >= 11 is 0. The first-order valence-corrected chi connectivity index (χ1v) is 7.29. The van der Waals surface area contributed by atoms with Crippen LogP contribution in [0.2, 0.25) is 0 Å². The maximum atomic E-state index is 9.73. The summed E-state index contributed by atoms with van der Waals surface area (Å²) < 4.78 is 0. The lowest BCUT2D eigenvalue weighted by molar-refractivity contribution is 0.105. The fourth-order valence-electron chi connectivity index (χ4n) is 3.05. The van der Waals surface area contributed by atoms with Crippen molar-refractivity contribution in [3.63, 3.8) is 0 Å². The van der Waals surface area contributed by atoms with Gasteiger partial charge in [-0.25, -0.2) is 0 Å². The van der Waals surface area contributed by atoms with Crippen molar-refractivity contribution in [2.24, 2.45) is 5.92 Å². The van der Waals surface area contributed by atoms with Gasteiger partial charge in [0, 0.05) is 23.8 Å². The zero-order valence-corrected chi connectivity index (χ0v) is 11.5. The molecule has 0 saturated heterocycles. The normalized spacial score (nSPS) is 22.9. The number of hydrogen-bond acceptors (Lipinski definition) is 4. The van der Waals surface area contributed by atoms with Gasteiger partial charge >= 0.3 is 0 Å². The Bertz CT molecular complexity index is 599. The summed E-state index contributed by atoms with van der Waals surface area (Å²) in [6, 6.07) is 7.88. The van der Waals surface area contributed by atoms with Gasteiger partial charge < -0.3 is 16.2 Å². The third-order valence-corrected chi connectivity index (χ3v) is 4.14. The van der Waals surface area contributed by atoms with Crippen LogP contribution in [0, 0.1) is 5.92 Å². The highest BCUT2D eigenvalue weighted by molar-refractivity contribution is 5.98. The average Bonchev–Trinajstić information content (AvgIpc) is 2.47. The molecule has 2 unspecified atom stereocenters. The number of hydrogen-bond donors (Lipinski definition) is 3. The summed E-state index contributed by atoms with van der Waals surface area (Å²) in [4.78, 5) is 4.34. The lowest BCUT2D eigenvalue weighted by atomic mass is 9.87. The van der Waals surface area contributed by atoms with Gasteiger partial charge in [0.2, 0.25) is 0 Å². The van der Waals surface area contributed by atoms with Crippen LogP contribution >= 0.6 is 0 Å². The third kappa shape index (κ3) is 2.70. The number of nitrogens with two attached hydrogens (primary N) is 1. The molecule has 4 N–H and O–H groups in total. The lowest BCUT2D eigenvalue weighted by Crippen LogP contribution is -2.25. The second-order valence-corrected chi connectivity index (χ2v) is 5.67. The van der Waals surface area contributed by atoms with E-state index in [1.165, 1.54) is 6.42 Å². The molecule has 1 aromatic heterocycles. The third-order valence-electron chi connectivity index (χ3n) is 4.14. The fraction of sp³-hybridized carbons (Fsp3) is 0.438. The molecule has 1 aliphatic carbocycles. The number of aromatic nitrogens is 1. The zero-order chi connectivity index (χ0) is 13.9. The number of nitrogens with zero attached hydrogens (tertiary/aromatic N) is 1. The fourth-order valence-corrected chi connectivity index (χ4v) is 3.05. The van der Waals surface area contributed by atoms with Gasteiger partial charge in [-0.05, 0) is 49.4 Å². The first-order chi connectivity index (χ1) is 9.74. The Hall–Kier alpha value is -1.81. The smallest absolute Gasteiger partial charge is 0.0951 e. The van der Waals surface area contributed by atoms with Gasteiger partial charge in [-0.1, -0.05) is 6.42 Å². The van der Waals surface area contributed by atoms with Gasteiger partial charge in [0.15, 0.2) is 0 Å². The van der Waals surface area contributed by atoms with Crippen molar-refractivity contribution in [2.45, 2.75) is 31.8 Å². The molecule has 1 fully saturated rings.